The van der Waals surface area contributed by atoms with E-state index < -0.39 is 16.1 Å². The molecule has 0 aliphatic carbocycles. The van der Waals surface area contributed by atoms with Gasteiger partial charge in [0, 0.05) is 81.3 Å². The minimum absolute atomic E-state index is 1.16. The van der Waals surface area contributed by atoms with Crippen molar-refractivity contribution >= 4 is 93.4 Å². The van der Waals surface area contributed by atoms with Crippen LogP contribution < -0.4 is 0 Å². The van der Waals surface area contributed by atoms with E-state index in [1.165, 1.54) is 404 Å². The van der Waals surface area contributed by atoms with Crippen molar-refractivity contribution in [2.24, 2.45) is 0 Å². The molecule has 0 N–H and O–H groups in total. The number of rotatable bonds is 56. The van der Waals surface area contributed by atoms with Gasteiger partial charge >= 0.3 is 0 Å². The van der Waals surface area contributed by atoms with Gasteiger partial charge < -0.3 is 0 Å². The Hall–Kier alpha value is -2.25. The summed E-state index contributed by atoms with van der Waals surface area (Å²) in [4.78, 5) is 11.5. The van der Waals surface area contributed by atoms with Crippen LogP contribution in [0.2, 0.25) is 39.3 Å². The summed E-state index contributed by atoms with van der Waals surface area (Å²) in [6.45, 7) is 23.4. The molecule has 568 valence electrons. The molecule has 0 aliphatic heterocycles. The zero-order chi connectivity index (χ0) is 73.1. The van der Waals surface area contributed by atoms with Gasteiger partial charge in [0.25, 0.3) is 0 Å². The number of hydrogen-bond acceptors (Lipinski definition) is 4. The molecule has 0 aliphatic rings. The van der Waals surface area contributed by atoms with Crippen LogP contribution in [0, 0.1) is 22.9 Å². The largest absolute Gasteiger partial charge is 0.140 e. The highest BCUT2D eigenvalue weighted by Gasteiger charge is 2.20. The Morgan fingerprint density at radius 2 is 0.412 bits per heavy atom. The number of thiophene rings is 4. The van der Waals surface area contributed by atoms with Crippen molar-refractivity contribution in [2.75, 3.05) is 0 Å². The van der Waals surface area contributed by atoms with E-state index in [0.717, 1.165) is 11.1 Å². The zero-order valence-corrected chi connectivity index (χ0v) is 75.5. The molecule has 0 nitrogen and oxygen atoms in total. The van der Waals surface area contributed by atoms with Gasteiger partial charge in [0.05, 0.1) is 0 Å². The third kappa shape index (κ3) is 39.7. The minimum Gasteiger partial charge on any atom is -0.140 e. The van der Waals surface area contributed by atoms with Crippen LogP contribution >= 0.6 is 77.2 Å². The molecule has 6 aromatic rings. The highest BCUT2D eigenvalue weighted by Crippen LogP contribution is 2.45. The van der Waals surface area contributed by atoms with Crippen molar-refractivity contribution in [3.63, 3.8) is 0 Å². The van der Waals surface area contributed by atoms with Crippen molar-refractivity contribution < 1.29 is 0 Å². The quantitative estimate of drug-likeness (QED) is 0.0203. The predicted molar refractivity (Wildman–Crippen MR) is 481 cm³/mol. The smallest absolute Gasteiger partial charge is 0.129 e. The topological polar surface area (TPSA) is 0 Å². The van der Waals surface area contributed by atoms with E-state index in [1.807, 2.05) is 45.3 Å². The molecule has 102 heavy (non-hydrogen) atoms. The van der Waals surface area contributed by atoms with E-state index in [9.17, 15) is 0 Å². The minimum atomic E-state index is -1.61. The number of halogens is 2. The van der Waals surface area contributed by atoms with Gasteiger partial charge in [-0.1, -0.05) is 386 Å². The summed E-state index contributed by atoms with van der Waals surface area (Å²) in [5.74, 6) is 7.58. The Morgan fingerprint density at radius 3 is 0.608 bits per heavy atom. The molecule has 4 heterocycles. The van der Waals surface area contributed by atoms with Gasteiger partial charge in [0.2, 0.25) is 0 Å². The van der Waals surface area contributed by atoms with Gasteiger partial charge in [0.1, 0.15) is 16.1 Å². The van der Waals surface area contributed by atoms with Crippen molar-refractivity contribution in [1.29, 1.82) is 0 Å². The molecule has 4 aromatic heterocycles. The molecule has 0 atom stereocenters. The first-order valence-corrected chi connectivity index (χ1v) is 54.6. The van der Waals surface area contributed by atoms with Crippen molar-refractivity contribution in [1.82, 2.24) is 0 Å². The van der Waals surface area contributed by atoms with Crippen molar-refractivity contribution in [2.45, 2.75) is 401 Å². The fraction of sp³-hybridized carbons (Fsp3) is 0.660. The Labute approximate surface area is 665 Å². The molecule has 0 bridgehead atoms. The summed E-state index contributed by atoms with van der Waals surface area (Å²) in [5.41, 5.74) is 15.0. The molecular formula is C94H146Br2S4Si2. The van der Waals surface area contributed by atoms with Gasteiger partial charge in [-0.05, 0) is 132 Å². The summed E-state index contributed by atoms with van der Waals surface area (Å²) < 4.78 is 2.36. The van der Waals surface area contributed by atoms with E-state index >= 15 is 0 Å². The van der Waals surface area contributed by atoms with Crippen molar-refractivity contribution in [3.05, 3.63) is 112 Å². The first kappa shape index (κ1) is 90.4. The molecule has 0 saturated carbocycles. The lowest BCUT2D eigenvalue weighted by Gasteiger charge is -2.13. The molecule has 0 spiro atoms. The van der Waals surface area contributed by atoms with Crippen LogP contribution in [0.1, 0.15) is 367 Å². The summed E-state index contributed by atoms with van der Waals surface area (Å²) >= 11 is 15.8. The Balaban J connectivity index is 0.000000374. The Bertz CT molecular complexity index is 3010. The van der Waals surface area contributed by atoms with Crippen LogP contribution in [-0.4, -0.2) is 16.1 Å². The van der Waals surface area contributed by atoms with Crippen LogP contribution in [0.3, 0.4) is 0 Å². The van der Waals surface area contributed by atoms with Crippen LogP contribution in [0.25, 0.3) is 41.8 Å². The number of hydrogen-bond donors (Lipinski definition) is 0. The van der Waals surface area contributed by atoms with Gasteiger partial charge in [-0.3, -0.25) is 0 Å². The fourth-order valence-electron chi connectivity index (χ4n) is 13.9. The fourth-order valence-corrected chi connectivity index (χ4v) is 20.6. The van der Waals surface area contributed by atoms with Gasteiger partial charge in [-0.2, -0.15) is 0 Å². The van der Waals surface area contributed by atoms with E-state index in [2.05, 4.69) is 195 Å². The maximum atomic E-state index is 3.96. The summed E-state index contributed by atoms with van der Waals surface area (Å²) in [5, 5.41) is 0. The summed E-state index contributed by atoms with van der Waals surface area (Å²) in [6.07, 6.45) is 72.3. The van der Waals surface area contributed by atoms with Gasteiger partial charge in [0.15, 0.2) is 0 Å². The standard InChI is InChI=1S/C52H82S2Si2.C42H64Br2S2/c1-9-11-13-15-17-19-21-23-25-27-29-31-33-45-35-39-51(53-45)49-37-38-50(48(42-44-56(6,7)8)47(49)41-43-55(3,4)5)52-40-36-46(54-52)34-32-30-28-26-24-22-20-18-16-14-12-10-2;1-3-5-7-9-11-13-15-17-19-21-23-25-27-35-29-33-39(45-35)37-31-32-38(42(44)41(37)43)40-34-30-36(46-40)28-26-24-22-20-18-16-14-12-10-8-6-4-2/h35-40H,9-34H2,1-8H3;29-34H,3-28H2,1-2H3. The second-order valence-electron chi connectivity index (χ2n) is 32.3. The highest BCUT2D eigenvalue weighted by molar-refractivity contribution is 9.13. The molecular weight excluding hydrogens is 1470 g/mol. The third-order valence-electron chi connectivity index (χ3n) is 20.2. The first-order valence-electron chi connectivity index (χ1n) is 42.7. The summed E-state index contributed by atoms with van der Waals surface area (Å²) in [7, 11) is -3.22. The SMILES string of the molecule is CCCCCCCCCCCCCCc1ccc(-c2ccc(-c3ccc(CCCCCCCCCCCCCC)s3)c(Br)c2Br)s1.CCCCCCCCCCCCCCc1ccc(-c2ccc(-c3ccc(CCCCCCCCCCCCCC)s3)c(C#C[Si](C)(C)C)c2C#C[Si](C)(C)C)s1. The average molecular weight is 1620 g/mol. The molecule has 8 heteroatoms. The van der Waals surface area contributed by atoms with E-state index in [1.54, 1.807) is 0 Å². The van der Waals surface area contributed by atoms with Crippen molar-refractivity contribution in [3.8, 4) is 64.7 Å². The molecule has 6 rings (SSSR count). The highest BCUT2D eigenvalue weighted by atomic mass is 79.9. The number of aryl methyl sites for hydroxylation is 4. The molecule has 2 aromatic carbocycles. The monoisotopic (exact) mass is 1620 g/mol. The van der Waals surface area contributed by atoms with Crippen LogP contribution in [0.5, 0.6) is 0 Å². The Kier molecular flexibility index (Phi) is 49.7. The lowest BCUT2D eigenvalue weighted by atomic mass is 9.95. The first-order chi connectivity index (χ1) is 49.6. The van der Waals surface area contributed by atoms with E-state index in [-0.39, 0.29) is 0 Å². The van der Waals surface area contributed by atoms with Crippen LogP contribution in [0.15, 0.2) is 81.7 Å². The molecule has 0 saturated heterocycles. The van der Waals surface area contributed by atoms with Crippen LogP contribution in [-0.2, 0) is 25.7 Å². The molecule has 0 unspecified atom stereocenters. The van der Waals surface area contributed by atoms with Crippen LogP contribution in [0.4, 0.5) is 0 Å². The lowest BCUT2D eigenvalue weighted by Crippen LogP contribution is -2.17. The second-order valence-corrected chi connectivity index (χ2v) is 48.1. The number of unbranched alkanes of at least 4 members (excludes halogenated alkanes) is 44. The number of benzene rings is 2. The summed E-state index contributed by atoms with van der Waals surface area (Å²) in [6, 6.07) is 28.2. The maximum Gasteiger partial charge on any atom is 0.129 e. The molecule has 0 amide bonds. The third-order valence-corrected chi connectivity index (χ3v) is 28.9. The molecule has 0 fully saturated rings. The normalized spacial score (nSPS) is 11.6. The van der Waals surface area contributed by atoms with E-state index in [0.29, 0.717) is 0 Å². The average Bonchev–Trinajstić information content (AvgIpc) is 1.47. The van der Waals surface area contributed by atoms with Gasteiger partial charge in [-0.25, -0.2) is 0 Å². The Morgan fingerprint density at radius 1 is 0.235 bits per heavy atom. The predicted octanol–water partition coefficient (Wildman–Crippen LogP) is 35.2. The van der Waals surface area contributed by atoms with E-state index in [4.69, 9.17) is 0 Å². The molecule has 0 radical (unpaired) electrons. The zero-order valence-electron chi connectivity index (χ0n) is 67.1. The maximum absolute atomic E-state index is 3.96. The van der Waals surface area contributed by atoms with Gasteiger partial charge in [-0.15, -0.1) is 56.4 Å². The second kappa shape index (κ2) is 56.1. The lowest BCUT2D eigenvalue weighted by molar-refractivity contribution is 0.544.